The molecule has 0 fully saturated rings. The van der Waals surface area contributed by atoms with E-state index in [0.717, 1.165) is 18.7 Å². The fourth-order valence-corrected chi connectivity index (χ4v) is 3.24. The summed E-state index contributed by atoms with van der Waals surface area (Å²) in [5, 5.41) is 0. The molecule has 0 amide bonds. The van der Waals surface area contributed by atoms with Crippen molar-refractivity contribution in [3.63, 3.8) is 0 Å². The molecule has 144 valence electrons. The largest absolute Gasteiger partial charge is 0.368 e. The van der Waals surface area contributed by atoms with Gasteiger partial charge < -0.3 is 16.5 Å². The first-order valence-electron chi connectivity index (χ1n) is 9.96. The Kier molecular flexibility index (Phi) is 8.31. The van der Waals surface area contributed by atoms with Crippen LogP contribution in [0.3, 0.4) is 0 Å². The Hall–Kier alpha value is -2.18. The highest BCUT2D eigenvalue weighted by atomic mass is 15.1. The zero-order valence-electron chi connectivity index (χ0n) is 16.2. The van der Waals surface area contributed by atoms with Gasteiger partial charge in [-0.2, -0.15) is 15.0 Å². The average Bonchev–Trinajstić information content (AvgIpc) is 3.09. The lowest BCUT2D eigenvalue weighted by Gasteiger charge is -2.11. The van der Waals surface area contributed by atoms with E-state index in [9.17, 15) is 0 Å². The summed E-state index contributed by atoms with van der Waals surface area (Å²) in [6, 6.07) is 0. The molecule has 0 spiro atoms. The predicted octanol–water partition coefficient (Wildman–Crippen LogP) is 4.45. The van der Waals surface area contributed by atoms with Gasteiger partial charge in [-0.25, -0.2) is 4.98 Å². The maximum atomic E-state index is 5.64. The zero-order valence-corrected chi connectivity index (χ0v) is 16.2. The summed E-state index contributed by atoms with van der Waals surface area (Å²) in [5.74, 6) is 2.06. The van der Waals surface area contributed by atoms with E-state index in [-0.39, 0.29) is 11.9 Å². The number of nitrogens with two attached hydrogens (primary N) is 2. The number of aromatic nitrogens is 5. The van der Waals surface area contributed by atoms with E-state index in [0.29, 0.717) is 17.4 Å². The molecule has 7 heteroatoms. The van der Waals surface area contributed by atoms with Crippen LogP contribution in [0.1, 0.15) is 89.8 Å². The Morgan fingerprint density at radius 3 is 2.08 bits per heavy atom. The molecule has 2 rings (SSSR count). The highest BCUT2D eigenvalue weighted by Crippen LogP contribution is 2.26. The van der Waals surface area contributed by atoms with Crippen molar-refractivity contribution in [1.29, 1.82) is 0 Å². The predicted molar refractivity (Wildman–Crippen MR) is 106 cm³/mol. The van der Waals surface area contributed by atoms with Crippen LogP contribution in [0.15, 0.2) is 6.20 Å². The average molecular weight is 360 g/mol. The SMILES string of the molecule is CCCCCCCCCCC(CC)c1nc(-c2nc(N)nc(N)n2)c[nH]1. The first-order chi connectivity index (χ1) is 12.6. The van der Waals surface area contributed by atoms with Gasteiger partial charge in [-0.15, -0.1) is 0 Å². The molecule has 1 atom stereocenters. The lowest BCUT2D eigenvalue weighted by atomic mass is 9.97. The Balaban J connectivity index is 1.82. The summed E-state index contributed by atoms with van der Waals surface area (Å²) < 4.78 is 0. The molecule has 0 saturated carbocycles. The monoisotopic (exact) mass is 359 g/mol. The van der Waals surface area contributed by atoms with Crippen LogP contribution in [-0.2, 0) is 0 Å². The van der Waals surface area contributed by atoms with Crippen molar-refractivity contribution in [1.82, 2.24) is 24.9 Å². The summed E-state index contributed by atoms with van der Waals surface area (Å²) >= 11 is 0. The third-order valence-electron chi connectivity index (χ3n) is 4.78. The van der Waals surface area contributed by atoms with Crippen molar-refractivity contribution in [3.05, 3.63) is 12.0 Å². The van der Waals surface area contributed by atoms with Crippen molar-refractivity contribution in [2.24, 2.45) is 0 Å². The van der Waals surface area contributed by atoms with Crippen molar-refractivity contribution in [2.75, 3.05) is 11.5 Å². The third kappa shape index (κ3) is 6.28. The topological polar surface area (TPSA) is 119 Å². The smallest absolute Gasteiger partial charge is 0.225 e. The molecule has 1 unspecified atom stereocenters. The lowest BCUT2D eigenvalue weighted by Crippen LogP contribution is -2.04. The number of nitrogen functional groups attached to an aromatic ring is 2. The van der Waals surface area contributed by atoms with Gasteiger partial charge in [0.25, 0.3) is 0 Å². The fourth-order valence-electron chi connectivity index (χ4n) is 3.24. The van der Waals surface area contributed by atoms with Gasteiger partial charge in [-0.1, -0.05) is 65.2 Å². The number of unbranched alkanes of at least 4 members (excludes halogenated alkanes) is 7. The van der Waals surface area contributed by atoms with Crippen LogP contribution in [0.4, 0.5) is 11.9 Å². The second-order valence-corrected chi connectivity index (χ2v) is 6.92. The van der Waals surface area contributed by atoms with Gasteiger partial charge in [-0.3, -0.25) is 0 Å². The first-order valence-corrected chi connectivity index (χ1v) is 9.96. The highest BCUT2D eigenvalue weighted by molar-refractivity contribution is 5.51. The number of anilines is 2. The molecule has 2 aromatic rings. The van der Waals surface area contributed by atoms with Crippen molar-refractivity contribution in [2.45, 2.75) is 84.0 Å². The highest BCUT2D eigenvalue weighted by Gasteiger charge is 2.15. The number of nitrogens with zero attached hydrogens (tertiary/aromatic N) is 4. The van der Waals surface area contributed by atoms with Gasteiger partial charge >= 0.3 is 0 Å². The van der Waals surface area contributed by atoms with Crippen LogP contribution in [0.2, 0.25) is 0 Å². The van der Waals surface area contributed by atoms with Gasteiger partial charge in [0, 0.05) is 12.1 Å². The fraction of sp³-hybridized carbons (Fsp3) is 0.684. The minimum absolute atomic E-state index is 0.114. The number of aromatic amines is 1. The maximum absolute atomic E-state index is 5.64. The van der Waals surface area contributed by atoms with E-state index in [1.165, 1.54) is 51.4 Å². The van der Waals surface area contributed by atoms with E-state index in [1.54, 1.807) is 0 Å². The lowest BCUT2D eigenvalue weighted by molar-refractivity contribution is 0.510. The maximum Gasteiger partial charge on any atom is 0.225 e. The van der Waals surface area contributed by atoms with E-state index in [1.807, 2.05) is 6.20 Å². The molecule has 2 heterocycles. The standard InChI is InChI=1S/C19H33N7/c1-3-5-6-7-8-9-10-11-12-14(4-2)16-22-13-15(23-16)17-24-18(20)26-19(21)25-17/h13-14H,3-12H2,1-2H3,(H,22,23)(H4,20,21,24,25,26). The molecule has 0 aliphatic heterocycles. The normalized spacial score (nSPS) is 12.4. The molecule has 0 aliphatic carbocycles. The van der Waals surface area contributed by atoms with Crippen LogP contribution in [0.5, 0.6) is 0 Å². The van der Waals surface area contributed by atoms with Gasteiger partial charge in [0.1, 0.15) is 11.5 Å². The number of hydrogen-bond donors (Lipinski definition) is 3. The van der Waals surface area contributed by atoms with Gasteiger partial charge in [0.05, 0.1) is 0 Å². The number of hydrogen-bond acceptors (Lipinski definition) is 6. The minimum Gasteiger partial charge on any atom is -0.368 e. The quantitative estimate of drug-likeness (QED) is 0.482. The van der Waals surface area contributed by atoms with Crippen LogP contribution in [0, 0.1) is 0 Å². The summed E-state index contributed by atoms with van der Waals surface area (Å²) in [5.41, 5.74) is 11.9. The molecule has 5 N–H and O–H groups in total. The second kappa shape index (κ2) is 10.7. The number of H-pyrrole nitrogens is 1. The van der Waals surface area contributed by atoms with E-state index in [2.05, 4.69) is 38.8 Å². The zero-order chi connectivity index (χ0) is 18.8. The summed E-state index contributed by atoms with van der Waals surface area (Å²) in [7, 11) is 0. The molecule has 0 radical (unpaired) electrons. The molecule has 26 heavy (non-hydrogen) atoms. The third-order valence-corrected chi connectivity index (χ3v) is 4.78. The Labute approximate surface area is 156 Å². The molecule has 2 aromatic heterocycles. The molecule has 0 aromatic carbocycles. The summed E-state index contributed by atoms with van der Waals surface area (Å²) in [4.78, 5) is 20.0. The van der Waals surface area contributed by atoms with Gasteiger partial charge in [-0.05, 0) is 12.8 Å². The Morgan fingerprint density at radius 2 is 1.46 bits per heavy atom. The molecular weight excluding hydrogens is 326 g/mol. The van der Waals surface area contributed by atoms with Crippen LogP contribution in [-0.4, -0.2) is 24.9 Å². The van der Waals surface area contributed by atoms with E-state index in [4.69, 9.17) is 11.5 Å². The van der Waals surface area contributed by atoms with Crippen molar-refractivity contribution in [3.8, 4) is 11.5 Å². The second-order valence-electron chi connectivity index (χ2n) is 6.92. The van der Waals surface area contributed by atoms with Crippen molar-refractivity contribution < 1.29 is 0 Å². The van der Waals surface area contributed by atoms with Gasteiger partial charge in [0.15, 0.2) is 5.82 Å². The first kappa shape index (κ1) is 20.1. The summed E-state index contributed by atoms with van der Waals surface area (Å²) in [6.45, 7) is 4.46. The molecule has 0 saturated heterocycles. The van der Waals surface area contributed by atoms with Crippen molar-refractivity contribution >= 4 is 11.9 Å². The Bertz CT molecular complexity index is 633. The van der Waals surface area contributed by atoms with Crippen LogP contribution >= 0.6 is 0 Å². The van der Waals surface area contributed by atoms with E-state index < -0.39 is 0 Å². The van der Waals surface area contributed by atoms with Crippen LogP contribution < -0.4 is 11.5 Å². The number of rotatable bonds is 12. The minimum atomic E-state index is 0.114. The van der Waals surface area contributed by atoms with Crippen LogP contribution in [0.25, 0.3) is 11.5 Å². The Morgan fingerprint density at radius 1 is 0.846 bits per heavy atom. The number of imidazole rings is 1. The molecule has 7 nitrogen and oxygen atoms in total. The molecule has 0 bridgehead atoms. The van der Waals surface area contributed by atoms with E-state index >= 15 is 0 Å². The summed E-state index contributed by atoms with van der Waals surface area (Å²) in [6.07, 6.45) is 14.7. The molecular formula is C19H33N7. The van der Waals surface area contributed by atoms with Gasteiger partial charge in [0.2, 0.25) is 11.9 Å². The molecule has 0 aliphatic rings. The number of nitrogens with one attached hydrogen (secondary N) is 1.